The standard InChI is InChI=1S/C13H15N3/c1-2-12-8-4-5-9-13(12)14-15-16-10-6-3-7-11-16/h1,4-5,8-9H,3,6-7,10-11H2/b15-14+. The number of terminal acetylenes is 1. The van der Waals surface area contributed by atoms with Crippen molar-refractivity contribution in [2.75, 3.05) is 13.1 Å². The molecule has 1 aromatic rings. The third-order valence-electron chi connectivity index (χ3n) is 2.67. The zero-order valence-corrected chi connectivity index (χ0v) is 9.26. The van der Waals surface area contributed by atoms with Gasteiger partial charge in [-0.15, -0.1) is 11.5 Å². The van der Waals surface area contributed by atoms with Crippen LogP contribution in [0.15, 0.2) is 34.6 Å². The van der Waals surface area contributed by atoms with Gasteiger partial charge in [0.15, 0.2) is 0 Å². The maximum Gasteiger partial charge on any atom is 0.103 e. The van der Waals surface area contributed by atoms with Crippen LogP contribution in [0.4, 0.5) is 5.69 Å². The van der Waals surface area contributed by atoms with Crippen molar-refractivity contribution in [2.24, 2.45) is 10.3 Å². The van der Waals surface area contributed by atoms with Gasteiger partial charge >= 0.3 is 0 Å². The molecule has 0 aromatic heterocycles. The molecule has 82 valence electrons. The van der Waals surface area contributed by atoms with Gasteiger partial charge in [-0.3, -0.25) is 5.01 Å². The molecular weight excluding hydrogens is 198 g/mol. The first-order valence-corrected chi connectivity index (χ1v) is 5.62. The number of hydrogen-bond acceptors (Lipinski definition) is 2. The van der Waals surface area contributed by atoms with Gasteiger partial charge in [0.05, 0.1) is 5.56 Å². The summed E-state index contributed by atoms with van der Waals surface area (Å²) < 4.78 is 0. The first kappa shape index (κ1) is 10.7. The number of hydrogen-bond donors (Lipinski definition) is 0. The van der Waals surface area contributed by atoms with Gasteiger partial charge < -0.3 is 0 Å². The highest BCUT2D eigenvalue weighted by atomic mass is 15.5. The van der Waals surface area contributed by atoms with Crippen LogP contribution in [-0.2, 0) is 0 Å². The molecule has 0 bridgehead atoms. The molecule has 0 spiro atoms. The molecule has 3 heteroatoms. The summed E-state index contributed by atoms with van der Waals surface area (Å²) in [5, 5.41) is 10.4. The lowest BCUT2D eigenvalue weighted by molar-refractivity contribution is 0.224. The summed E-state index contributed by atoms with van der Waals surface area (Å²) in [5.74, 6) is 2.61. The molecule has 0 aliphatic carbocycles. The fourth-order valence-corrected chi connectivity index (χ4v) is 1.76. The van der Waals surface area contributed by atoms with Crippen molar-refractivity contribution in [3.8, 4) is 12.3 Å². The Labute approximate surface area is 96.2 Å². The zero-order valence-electron chi connectivity index (χ0n) is 9.26. The molecule has 16 heavy (non-hydrogen) atoms. The minimum atomic E-state index is 0.774. The molecule has 0 N–H and O–H groups in total. The van der Waals surface area contributed by atoms with Gasteiger partial charge in [-0.2, -0.15) is 0 Å². The average molecular weight is 213 g/mol. The molecule has 3 nitrogen and oxygen atoms in total. The summed E-state index contributed by atoms with van der Waals surface area (Å²) in [6.07, 6.45) is 9.10. The van der Waals surface area contributed by atoms with Crippen LogP contribution in [0.3, 0.4) is 0 Å². The molecule has 1 fully saturated rings. The van der Waals surface area contributed by atoms with E-state index >= 15 is 0 Å². The van der Waals surface area contributed by atoms with Crippen LogP contribution in [0, 0.1) is 12.3 Å². The van der Waals surface area contributed by atoms with Gasteiger partial charge in [-0.1, -0.05) is 23.3 Å². The molecule has 0 radical (unpaired) electrons. The molecule has 1 heterocycles. The minimum Gasteiger partial charge on any atom is -0.278 e. The summed E-state index contributed by atoms with van der Waals surface area (Å²) in [6, 6.07) is 7.60. The van der Waals surface area contributed by atoms with Gasteiger partial charge in [0, 0.05) is 13.1 Å². The van der Waals surface area contributed by atoms with Crippen LogP contribution in [-0.4, -0.2) is 18.1 Å². The minimum absolute atomic E-state index is 0.774. The van der Waals surface area contributed by atoms with Gasteiger partial charge in [0.25, 0.3) is 0 Å². The smallest absolute Gasteiger partial charge is 0.103 e. The summed E-state index contributed by atoms with van der Waals surface area (Å²) in [7, 11) is 0. The van der Waals surface area contributed by atoms with Crippen molar-refractivity contribution in [2.45, 2.75) is 19.3 Å². The van der Waals surface area contributed by atoms with E-state index in [1.165, 1.54) is 19.3 Å². The summed E-state index contributed by atoms with van der Waals surface area (Å²) in [6.45, 7) is 2.00. The van der Waals surface area contributed by atoms with Crippen LogP contribution in [0.1, 0.15) is 24.8 Å². The van der Waals surface area contributed by atoms with Crippen LogP contribution >= 0.6 is 0 Å². The van der Waals surface area contributed by atoms with E-state index in [1.807, 2.05) is 29.3 Å². The Kier molecular flexibility index (Phi) is 3.55. The lowest BCUT2D eigenvalue weighted by atomic mass is 10.2. The molecule has 0 saturated carbocycles. The van der Waals surface area contributed by atoms with Gasteiger partial charge in [-0.25, -0.2) is 0 Å². The van der Waals surface area contributed by atoms with Crippen molar-refractivity contribution in [3.05, 3.63) is 29.8 Å². The first-order chi connectivity index (χ1) is 7.90. The van der Waals surface area contributed by atoms with E-state index in [4.69, 9.17) is 6.42 Å². The van der Waals surface area contributed by atoms with Gasteiger partial charge in [-0.05, 0) is 31.4 Å². The van der Waals surface area contributed by atoms with Crippen molar-refractivity contribution in [3.63, 3.8) is 0 Å². The summed E-state index contributed by atoms with van der Waals surface area (Å²) in [4.78, 5) is 0. The van der Waals surface area contributed by atoms with Crippen LogP contribution in [0.5, 0.6) is 0 Å². The third-order valence-corrected chi connectivity index (χ3v) is 2.67. The second-order valence-electron chi connectivity index (χ2n) is 3.87. The van der Waals surface area contributed by atoms with Crippen LogP contribution in [0.25, 0.3) is 0 Å². The topological polar surface area (TPSA) is 28.0 Å². The highest BCUT2D eigenvalue weighted by Gasteiger charge is 2.07. The normalized spacial score (nSPS) is 16.3. The van der Waals surface area contributed by atoms with Gasteiger partial charge in [0.2, 0.25) is 0 Å². The third kappa shape index (κ3) is 2.60. The van der Waals surface area contributed by atoms with Crippen molar-refractivity contribution < 1.29 is 0 Å². The average Bonchev–Trinajstić information content (AvgIpc) is 2.38. The molecular formula is C13H15N3. The van der Waals surface area contributed by atoms with E-state index in [0.717, 1.165) is 24.3 Å². The Hall–Kier alpha value is -1.82. The second-order valence-corrected chi connectivity index (χ2v) is 3.87. The molecule has 1 aliphatic heterocycles. The molecule has 1 aliphatic rings. The maximum absolute atomic E-state index is 5.39. The molecule has 2 rings (SSSR count). The first-order valence-electron chi connectivity index (χ1n) is 5.62. The van der Waals surface area contributed by atoms with E-state index in [0.29, 0.717) is 0 Å². The predicted molar refractivity (Wildman–Crippen MR) is 64.3 cm³/mol. The molecule has 0 amide bonds. The lowest BCUT2D eigenvalue weighted by Gasteiger charge is -2.21. The Morgan fingerprint density at radius 3 is 2.62 bits per heavy atom. The molecule has 1 aromatic carbocycles. The Balaban J connectivity index is 2.07. The largest absolute Gasteiger partial charge is 0.278 e. The SMILES string of the molecule is C#Cc1ccccc1/N=N/N1CCCCC1. The van der Waals surface area contributed by atoms with Crippen molar-refractivity contribution >= 4 is 5.69 Å². The monoisotopic (exact) mass is 213 g/mol. The van der Waals surface area contributed by atoms with E-state index in [-0.39, 0.29) is 0 Å². The zero-order chi connectivity index (χ0) is 11.2. The van der Waals surface area contributed by atoms with Crippen molar-refractivity contribution in [1.29, 1.82) is 0 Å². The molecule has 0 atom stereocenters. The Bertz CT molecular complexity index is 411. The van der Waals surface area contributed by atoms with E-state index in [1.54, 1.807) is 0 Å². The Morgan fingerprint density at radius 2 is 1.88 bits per heavy atom. The molecule has 1 saturated heterocycles. The number of piperidine rings is 1. The predicted octanol–water partition coefficient (Wildman–Crippen LogP) is 3.15. The van der Waals surface area contributed by atoms with Crippen LogP contribution < -0.4 is 0 Å². The fourth-order valence-electron chi connectivity index (χ4n) is 1.76. The second kappa shape index (κ2) is 5.32. The highest BCUT2D eigenvalue weighted by Crippen LogP contribution is 2.19. The van der Waals surface area contributed by atoms with Gasteiger partial charge in [0.1, 0.15) is 5.69 Å². The van der Waals surface area contributed by atoms with Crippen LogP contribution in [0.2, 0.25) is 0 Å². The quantitative estimate of drug-likeness (QED) is 0.548. The lowest BCUT2D eigenvalue weighted by Crippen LogP contribution is -2.23. The van der Waals surface area contributed by atoms with E-state index in [9.17, 15) is 0 Å². The Morgan fingerprint density at radius 1 is 1.12 bits per heavy atom. The fraction of sp³-hybridized carbons (Fsp3) is 0.385. The van der Waals surface area contributed by atoms with E-state index < -0.39 is 0 Å². The number of nitrogens with zero attached hydrogens (tertiary/aromatic N) is 3. The highest BCUT2D eigenvalue weighted by molar-refractivity contribution is 5.53. The van der Waals surface area contributed by atoms with Crippen molar-refractivity contribution in [1.82, 2.24) is 5.01 Å². The molecule has 0 unspecified atom stereocenters. The number of rotatable bonds is 2. The van der Waals surface area contributed by atoms with E-state index in [2.05, 4.69) is 16.3 Å². The summed E-state index contributed by atoms with van der Waals surface area (Å²) >= 11 is 0. The number of benzene rings is 1. The maximum atomic E-state index is 5.39. The summed E-state index contributed by atoms with van der Waals surface area (Å²) in [5.41, 5.74) is 1.57.